The molecule has 0 aliphatic rings. The van der Waals surface area contributed by atoms with Crippen molar-refractivity contribution < 1.29 is 4.79 Å². The van der Waals surface area contributed by atoms with E-state index in [1.807, 2.05) is 6.92 Å². The van der Waals surface area contributed by atoms with Gasteiger partial charge in [0.15, 0.2) is 0 Å². The summed E-state index contributed by atoms with van der Waals surface area (Å²) in [5.41, 5.74) is 6.53. The Labute approximate surface area is 122 Å². The third-order valence-corrected chi connectivity index (χ3v) is 4.85. The number of aromatic nitrogens is 2. The third kappa shape index (κ3) is 2.75. The summed E-state index contributed by atoms with van der Waals surface area (Å²) in [6.45, 7) is 6.32. The monoisotopic (exact) mass is 292 g/mol. The van der Waals surface area contributed by atoms with Crippen molar-refractivity contribution >= 4 is 33.1 Å². The Bertz CT molecular complexity index is 606. The maximum Gasteiger partial charge on any atom is 0.263 e. The zero-order valence-corrected chi connectivity index (χ0v) is 12.8. The van der Waals surface area contributed by atoms with Crippen LogP contribution in [0, 0.1) is 5.92 Å². The molecule has 0 aliphatic carbocycles. The Morgan fingerprint density at radius 2 is 2.15 bits per heavy atom. The summed E-state index contributed by atoms with van der Waals surface area (Å²) in [6, 6.07) is 1.92. The van der Waals surface area contributed by atoms with Gasteiger partial charge in [0, 0.05) is 11.4 Å². The van der Waals surface area contributed by atoms with Gasteiger partial charge in [0.1, 0.15) is 9.71 Å². The van der Waals surface area contributed by atoms with Crippen LogP contribution in [0.5, 0.6) is 0 Å². The van der Waals surface area contributed by atoms with Crippen LogP contribution in [0.2, 0.25) is 0 Å². The molecule has 0 fully saturated rings. The van der Waals surface area contributed by atoms with Crippen LogP contribution < -0.4 is 11.1 Å². The van der Waals surface area contributed by atoms with E-state index in [1.165, 1.54) is 11.3 Å². The van der Waals surface area contributed by atoms with E-state index in [2.05, 4.69) is 29.4 Å². The molecule has 0 aromatic carbocycles. The van der Waals surface area contributed by atoms with Crippen molar-refractivity contribution in [2.24, 2.45) is 5.92 Å². The Morgan fingerprint density at radius 3 is 2.75 bits per heavy atom. The zero-order chi connectivity index (χ0) is 14.7. The lowest BCUT2D eigenvalue weighted by Gasteiger charge is -2.22. The van der Waals surface area contributed by atoms with Crippen LogP contribution in [0.3, 0.4) is 0 Å². The summed E-state index contributed by atoms with van der Waals surface area (Å²) < 4.78 is 0. The minimum atomic E-state index is -0.120. The van der Waals surface area contributed by atoms with Crippen molar-refractivity contribution in [2.45, 2.75) is 39.7 Å². The molecule has 0 saturated carbocycles. The van der Waals surface area contributed by atoms with Crippen LogP contribution in [-0.4, -0.2) is 22.1 Å². The first-order valence-electron chi connectivity index (χ1n) is 6.88. The van der Waals surface area contributed by atoms with E-state index in [4.69, 9.17) is 5.73 Å². The lowest BCUT2D eigenvalue weighted by atomic mass is 9.95. The molecule has 20 heavy (non-hydrogen) atoms. The molecular weight excluding hydrogens is 272 g/mol. The van der Waals surface area contributed by atoms with Crippen molar-refractivity contribution in [3.05, 3.63) is 17.1 Å². The second kappa shape index (κ2) is 6.17. The molecule has 2 aromatic rings. The minimum absolute atomic E-state index is 0.120. The molecular formula is C14H20N4OS. The molecule has 0 bridgehead atoms. The number of thiophene rings is 1. The number of carbonyl (C=O) groups is 1. The van der Waals surface area contributed by atoms with Gasteiger partial charge in [-0.3, -0.25) is 4.79 Å². The van der Waals surface area contributed by atoms with Crippen molar-refractivity contribution in [1.29, 1.82) is 0 Å². The Hall–Kier alpha value is -1.69. The van der Waals surface area contributed by atoms with E-state index in [0.29, 0.717) is 21.3 Å². The van der Waals surface area contributed by atoms with E-state index in [1.54, 1.807) is 12.3 Å². The second-order valence-corrected chi connectivity index (χ2v) is 5.93. The van der Waals surface area contributed by atoms with Crippen molar-refractivity contribution in [2.75, 3.05) is 5.73 Å². The van der Waals surface area contributed by atoms with Crippen LogP contribution >= 0.6 is 11.3 Å². The fourth-order valence-electron chi connectivity index (χ4n) is 2.43. The standard InChI is InChI=1S/C14H20N4OS/c1-4-9(5-2)8(3)17-13(19)12-11(15)10-6-7-16-18-14(10)20-12/h6-9H,4-5,15H2,1-3H3,(H,17,19). The zero-order valence-electron chi connectivity index (χ0n) is 12.0. The van der Waals surface area contributed by atoms with Gasteiger partial charge >= 0.3 is 0 Å². The molecule has 0 spiro atoms. The van der Waals surface area contributed by atoms with Crippen molar-refractivity contribution in [3.8, 4) is 0 Å². The highest BCUT2D eigenvalue weighted by Gasteiger charge is 2.21. The van der Waals surface area contributed by atoms with E-state index < -0.39 is 0 Å². The van der Waals surface area contributed by atoms with Crippen LogP contribution in [-0.2, 0) is 0 Å². The summed E-state index contributed by atoms with van der Waals surface area (Å²) in [7, 11) is 0. The maximum atomic E-state index is 12.4. The molecule has 0 radical (unpaired) electrons. The fourth-order valence-corrected chi connectivity index (χ4v) is 3.37. The Kier molecular flexibility index (Phi) is 4.54. The summed E-state index contributed by atoms with van der Waals surface area (Å²) >= 11 is 1.29. The molecule has 1 amide bonds. The number of nitrogens with zero attached hydrogens (tertiary/aromatic N) is 2. The highest BCUT2D eigenvalue weighted by molar-refractivity contribution is 7.21. The molecule has 1 unspecified atom stereocenters. The fraction of sp³-hybridized carbons (Fsp3) is 0.500. The van der Waals surface area contributed by atoms with Crippen molar-refractivity contribution in [3.63, 3.8) is 0 Å². The number of anilines is 1. The number of fused-ring (bicyclic) bond motifs is 1. The third-order valence-electron chi connectivity index (χ3n) is 3.74. The average molecular weight is 292 g/mol. The molecule has 3 N–H and O–H groups in total. The lowest BCUT2D eigenvalue weighted by Crippen LogP contribution is -2.37. The highest BCUT2D eigenvalue weighted by Crippen LogP contribution is 2.31. The quantitative estimate of drug-likeness (QED) is 0.888. The van der Waals surface area contributed by atoms with E-state index in [9.17, 15) is 4.79 Å². The molecule has 6 heteroatoms. The summed E-state index contributed by atoms with van der Waals surface area (Å²) in [4.78, 5) is 13.6. The molecule has 108 valence electrons. The van der Waals surface area contributed by atoms with Crippen LogP contribution in [0.4, 0.5) is 5.69 Å². The molecule has 2 aromatic heterocycles. The number of hydrogen-bond acceptors (Lipinski definition) is 5. The molecule has 1 atom stereocenters. The number of nitrogens with one attached hydrogen (secondary N) is 1. The summed E-state index contributed by atoms with van der Waals surface area (Å²) in [5, 5.41) is 11.7. The van der Waals surface area contributed by atoms with Gasteiger partial charge in [0.25, 0.3) is 5.91 Å². The number of carbonyl (C=O) groups excluding carboxylic acids is 1. The van der Waals surface area contributed by atoms with Gasteiger partial charge < -0.3 is 11.1 Å². The van der Waals surface area contributed by atoms with Gasteiger partial charge in [0.05, 0.1) is 11.9 Å². The van der Waals surface area contributed by atoms with Gasteiger partial charge in [-0.05, 0) is 18.9 Å². The van der Waals surface area contributed by atoms with E-state index in [0.717, 1.165) is 18.2 Å². The summed E-state index contributed by atoms with van der Waals surface area (Å²) in [5.74, 6) is 0.360. The van der Waals surface area contributed by atoms with E-state index >= 15 is 0 Å². The van der Waals surface area contributed by atoms with Crippen molar-refractivity contribution in [1.82, 2.24) is 15.5 Å². The molecule has 2 heterocycles. The largest absolute Gasteiger partial charge is 0.397 e. The number of nitrogens with two attached hydrogens (primary N) is 1. The summed E-state index contributed by atoms with van der Waals surface area (Å²) in [6.07, 6.45) is 3.68. The predicted octanol–water partition coefficient (Wildman–Crippen LogP) is 2.83. The number of amides is 1. The van der Waals surface area contributed by atoms with E-state index in [-0.39, 0.29) is 11.9 Å². The minimum Gasteiger partial charge on any atom is -0.397 e. The lowest BCUT2D eigenvalue weighted by molar-refractivity contribution is 0.0930. The number of nitrogen functional groups attached to an aromatic ring is 1. The van der Waals surface area contributed by atoms with Gasteiger partial charge in [-0.1, -0.05) is 26.7 Å². The highest BCUT2D eigenvalue weighted by atomic mass is 32.1. The predicted molar refractivity (Wildman–Crippen MR) is 82.8 cm³/mol. The van der Waals surface area contributed by atoms with Gasteiger partial charge in [0.2, 0.25) is 0 Å². The van der Waals surface area contributed by atoms with Gasteiger partial charge in [-0.25, -0.2) is 0 Å². The second-order valence-electron chi connectivity index (χ2n) is 4.93. The van der Waals surface area contributed by atoms with Crippen LogP contribution in [0.1, 0.15) is 43.3 Å². The number of rotatable bonds is 5. The van der Waals surface area contributed by atoms with Crippen LogP contribution in [0.15, 0.2) is 12.3 Å². The normalized spacial score (nSPS) is 12.8. The molecule has 2 rings (SSSR count). The first-order valence-corrected chi connectivity index (χ1v) is 7.70. The average Bonchev–Trinajstić information content (AvgIpc) is 2.78. The molecule has 0 aliphatic heterocycles. The topological polar surface area (TPSA) is 80.9 Å². The van der Waals surface area contributed by atoms with Crippen LogP contribution in [0.25, 0.3) is 10.2 Å². The first kappa shape index (κ1) is 14.7. The van der Waals surface area contributed by atoms with Gasteiger partial charge in [-0.15, -0.1) is 16.4 Å². The Morgan fingerprint density at radius 1 is 1.45 bits per heavy atom. The van der Waals surface area contributed by atoms with Gasteiger partial charge in [-0.2, -0.15) is 5.10 Å². The SMILES string of the molecule is CCC(CC)C(C)NC(=O)c1sc2nnccc2c1N. The maximum absolute atomic E-state index is 12.4. The first-order chi connectivity index (χ1) is 9.58. The Balaban J connectivity index is 2.21. The number of hydrogen-bond donors (Lipinski definition) is 2. The smallest absolute Gasteiger partial charge is 0.263 e. The molecule has 5 nitrogen and oxygen atoms in total. The molecule has 0 saturated heterocycles.